The van der Waals surface area contributed by atoms with E-state index in [4.69, 9.17) is 9.51 Å². The van der Waals surface area contributed by atoms with Gasteiger partial charge in [-0.2, -0.15) is 0 Å². The summed E-state index contributed by atoms with van der Waals surface area (Å²) in [6.07, 6.45) is 1.58. The Labute approximate surface area is 182 Å². The quantitative estimate of drug-likeness (QED) is 0.418. The summed E-state index contributed by atoms with van der Waals surface area (Å²) < 4.78 is 33.2. The van der Waals surface area contributed by atoms with Crippen LogP contribution in [0.15, 0.2) is 63.1 Å². The second kappa shape index (κ2) is 8.85. The van der Waals surface area contributed by atoms with E-state index < -0.39 is 10.0 Å². The van der Waals surface area contributed by atoms with Gasteiger partial charge in [-0.1, -0.05) is 37.2 Å². The zero-order valence-electron chi connectivity index (χ0n) is 18.5. The number of aromatic nitrogens is 3. The number of nitrogens with zero attached hydrogens (tertiary/aromatic N) is 4. The Kier molecular flexibility index (Phi) is 6.40. The van der Waals surface area contributed by atoms with Crippen molar-refractivity contribution in [2.24, 2.45) is 4.99 Å². The molecule has 0 saturated carbocycles. The van der Waals surface area contributed by atoms with Crippen LogP contribution in [0.5, 0.6) is 0 Å². The van der Waals surface area contributed by atoms with Crippen molar-refractivity contribution in [2.75, 3.05) is 7.05 Å². The molecule has 0 bridgehead atoms. The van der Waals surface area contributed by atoms with Crippen LogP contribution in [0.1, 0.15) is 37.8 Å². The van der Waals surface area contributed by atoms with Gasteiger partial charge >= 0.3 is 0 Å². The molecule has 0 fully saturated rings. The average molecular weight is 439 g/mol. The third kappa shape index (κ3) is 3.90. The molecule has 0 aliphatic heterocycles. The lowest BCUT2D eigenvalue weighted by Crippen LogP contribution is -2.12. The number of aryl methyl sites for hydroxylation is 2. The summed E-state index contributed by atoms with van der Waals surface area (Å²) in [5.41, 5.74) is 3.85. The van der Waals surface area contributed by atoms with E-state index in [0.29, 0.717) is 28.2 Å². The first-order valence-corrected chi connectivity index (χ1v) is 11.5. The molecule has 0 radical (unpaired) electrons. The standard InChI is InChI=1S/C21H20N4O3S.C2H6/c1-13(22-4)18-12-25(29(26,27)16-8-6-5-7-9-16)21-17(18)10-11-19(23-21)20-14(2)24-28-15(20)3;1-2/h5-12H,1-4H3;1-2H3. The van der Waals surface area contributed by atoms with Gasteiger partial charge in [-0.05, 0) is 45.0 Å². The van der Waals surface area contributed by atoms with Crippen LogP contribution in [-0.4, -0.2) is 35.3 Å². The highest BCUT2D eigenvalue weighted by Gasteiger charge is 2.24. The fourth-order valence-corrected chi connectivity index (χ4v) is 4.70. The summed E-state index contributed by atoms with van der Waals surface area (Å²) in [6, 6.07) is 12.0. The maximum absolute atomic E-state index is 13.4. The lowest BCUT2D eigenvalue weighted by atomic mass is 10.1. The van der Waals surface area contributed by atoms with Crippen LogP contribution in [-0.2, 0) is 10.0 Å². The monoisotopic (exact) mass is 438 g/mol. The molecule has 31 heavy (non-hydrogen) atoms. The van der Waals surface area contributed by atoms with E-state index in [1.54, 1.807) is 50.5 Å². The third-order valence-electron chi connectivity index (χ3n) is 4.94. The normalized spacial score (nSPS) is 12.0. The molecule has 4 rings (SSSR count). The number of hydrogen-bond acceptors (Lipinski definition) is 6. The van der Waals surface area contributed by atoms with Crippen LogP contribution < -0.4 is 0 Å². The number of fused-ring (bicyclic) bond motifs is 1. The van der Waals surface area contributed by atoms with Crippen molar-refractivity contribution in [3.8, 4) is 11.3 Å². The van der Waals surface area contributed by atoms with Gasteiger partial charge in [0.1, 0.15) is 5.76 Å². The fourth-order valence-electron chi connectivity index (χ4n) is 3.36. The first-order valence-electron chi connectivity index (χ1n) is 10.0. The minimum absolute atomic E-state index is 0.194. The van der Waals surface area contributed by atoms with Gasteiger partial charge < -0.3 is 4.52 Å². The maximum atomic E-state index is 13.4. The van der Waals surface area contributed by atoms with Gasteiger partial charge in [0.2, 0.25) is 0 Å². The van der Waals surface area contributed by atoms with Gasteiger partial charge in [-0.25, -0.2) is 17.4 Å². The Morgan fingerprint density at radius 3 is 2.32 bits per heavy atom. The number of pyridine rings is 1. The summed E-state index contributed by atoms with van der Waals surface area (Å²) in [6.45, 7) is 9.48. The lowest BCUT2D eigenvalue weighted by molar-refractivity contribution is 0.393. The highest BCUT2D eigenvalue weighted by Crippen LogP contribution is 2.31. The van der Waals surface area contributed by atoms with Crippen molar-refractivity contribution < 1.29 is 12.9 Å². The number of hydrogen-bond donors (Lipinski definition) is 0. The molecule has 0 unspecified atom stereocenters. The predicted octanol–water partition coefficient (Wildman–Crippen LogP) is 5.01. The molecule has 0 aliphatic carbocycles. The van der Waals surface area contributed by atoms with E-state index in [-0.39, 0.29) is 4.90 Å². The molecule has 0 spiro atoms. The molecule has 3 aromatic heterocycles. The fraction of sp³-hybridized carbons (Fsp3) is 0.261. The lowest BCUT2D eigenvalue weighted by Gasteiger charge is -2.08. The molecular formula is C23H26N4O3S. The summed E-state index contributed by atoms with van der Waals surface area (Å²) in [5.74, 6) is 0.630. The first kappa shape index (κ1) is 22.4. The molecule has 0 aliphatic rings. The van der Waals surface area contributed by atoms with Crippen LogP contribution >= 0.6 is 0 Å². The second-order valence-corrected chi connectivity index (χ2v) is 8.55. The van der Waals surface area contributed by atoms with Gasteiger partial charge in [0, 0.05) is 29.9 Å². The largest absolute Gasteiger partial charge is 0.361 e. The van der Waals surface area contributed by atoms with Crippen molar-refractivity contribution in [2.45, 2.75) is 39.5 Å². The Morgan fingerprint density at radius 1 is 1.06 bits per heavy atom. The van der Waals surface area contributed by atoms with Crippen LogP contribution in [0, 0.1) is 13.8 Å². The van der Waals surface area contributed by atoms with E-state index in [1.807, 2.05) is 39.8 Å². The maximum Gasteiger partial charge on any atom is 0.269 e. The van der Waals surface area contributed by atoms with Gasteiger partial charge in [0.25, 0.3) is 10.0 Å². The van der Waals surface area contributed by atoms with E-state index in [9.17, 15) is 8.42 Å². The van der Waals surface area contributed by atoms with Crippen LogP contribution in [0.4, 0.5) is 0 Å². The Morgan fingerprint density at radius 2 is 1.74 bits per heavy atom. The second-order valence-electron chi connectivity index (χ2n) is 6.73. The van der Waals surface area contributed by atoms with Gasteiger partial charge in [-0.3, -0.25) is 4.99 Å². The molecule has 0 saturated heterocycles. The topological polar surface area (TPSA) is 90.3 Å². The highest BCUT2D eigenvalue weighted by atomic mass is 32.2. The number of aliphatic imine (C=N–C) groups is 1. The molecule has 7 nitrogen and oxygen atoms in total. The molecule has 4 aromatic rings. The summed E-state index contributed by atoms with van der Waals surface area (Å²) in [7, 11) is -2.16. The number of benzene rings is 1. The summed E-state index contributed by atoms with van der Waals surface area (Å²) >= 11 is 0. The average Bonchev–Trinajstić information content (AvgIpc) is 3.34. The highest BCUT2D eigenvalue weighted by molar-refractivity contribution is 7.90. The smallest absolute Gasteiger partial charge is 0.269 e. The van der Waals surface area contributed by atoms with Gasteiger partial charge in [0.05, 0.1) is 21.8 Å². The zero-order valence-corrected chi connectivity index (χ0v) is 19.4. The van der Waals surface area contributed by atoms with Crippen molar-refractivity contribution in [3.63, 3.8) is 0 Å². The van der Waals surface area contributed by atoms with E-state index >= 15 is 0 Å². The SMILES string of the molecule is CC.CN=C(C)c1cn(S(=O)(=O)c2ccccc2)c2nc(-c3c(C)noc3C)ccc12. The van der Waals surface area contributed by atoms with Gasteiger partial charge in [-0.15, -0.1) is 0 Å². The summed E-state index contributed by atoms with van der Waals surface area (Å²) in [5, 5.41) is 4.69. The molecule has 1 aromatic carbocycles. The van der Waals surface area contributed by atoms with E-state index in [2.05, 4.69) is 10.1 Å². The van der Waals surface area contributed by atoms with Crippen LogP contribution in [0.3, 0.4) is 0 Å². The van der Waals surface area contributed by atoms with E-state index in [1.165, 1.54) is 3.97 Å². The van der Waals surface area contributed by atoms with Crippen LogP contribution in [0.25, 0.3) is 22.3 Å². The van der Waals surface area contributed by atoms with E-state index in [0.717, 1.165) is 16.8 Å². The minimum Gasteiger partial charge on any atom is -0.361 e. The van der Waals surface area contributed by atoms with Crippen molar-refractivity contribution in [1.82, 2.24) is 14.1 Å². The molecule has 8 heteroatoms. The first-order chi connectivity index (χ1) is 14.8. The Hall–Kier alpha value is -3.26. The number of rotatable bonds is 4. The predicted molar refractivity (Wildman–Crippen MR) is 123 cm³/mol. The van der Waals surface area contributed by atoms with Crippen molar-refractivity contribution in [1.29, 1.82) is 0 Å². The molecule has 162 valence electrons. The molecule has 0 atom stereocenters. The van der Waals surface area contributed by atoms with Crippen molar-refractivity contribution in [3.05, 3.63) is 65.7 Å². The molecule has 0 N–H and O–H groups in total. The molecule has 0 amide bonds. The van der Waals surface area contributed by atoms with Gasteiger partial charge in [0.15, 0.2) is 5.65 Å². The molecule has 3 heterocycles. The summed E-state index contributed by atoms with van der Waals surface area (Å²) in [4.78, 5) is 9.12. The minimum atomic E-state index is -3.83. The Bertz CT molecular complexity index is 1330. The van der Waals surface area contributed by atoms with Crippen molar-refractivity contribution >= 4 is 26.8 Å². The van der Waals surface area contributed by atoms with Crippen LogP contribution in [0.2, 0.25) is 0 Å². The zero-order chi connectivity index (χ0) is 22.8. The molecular weight excluding hydrogens is 412 g/mol. The third-order valence-corrected chi connectivity index (χ3v) is 6.60. The Balaban J connectivity index is 0.00000132.